The number of benzene rings is 1. The SMILES string of the molecule is CC(C)N1CC(Nc2ccccc2)C1. The van der Waals surface area contributed by atoms with Crippen molar-refractivity contribution in [2.45, 2.75) is 25.9 Å². The highest BCUT2D eigenvalue weighted by Gasteiger charge is 2.27. The van der Waals surface area contributed by atoms with Crippen molar-refractivity contribution >= 4 is 5.69 Å². The summed E-state index contributed by atoms with van der Waals surface area (Å²) < 4.78 is 0. The average Bonchev–Trinajstić information content (AvgIpc) is 2.12. The minimum absolute atomic E-state index is 0.639. The molecule has 0 saturated carbocycles. The average molecular weight is 190 g/mol. The molecule has 1 fully saturated rings. The highest BCUT2D eigenvalue weighted by Crippen LogP contribution is 2.16. The number of nitrogens with one attached hydrogen (secondary N) is 1. The van der Waals surface area contributed by atoms with Crippen molar-refractivity contribution in [1.82, 2.24) is 4.90 Å². The van der Waals surface area contributed by atoms with Gasteiger partial charge >= 0.3 is 0 Å². The molecule has 1 saturated heterocycles. The topological polar surface area (TPSA) is 15.3 Å². The van der Waals surface area contributed by atoms with Gasteiger partial charge < -0.3 is 5.32 Å². The largest absolute Gasteiger partial charge is 0.380 e. The van der Waals surface area contributed by atoms with Crippen molar-refractivity contribution in [2.24, 2.45) is 0 Å². The number of likely N-dealkylation sites (tertiary alicyclic amines) is 1. The van der Waals surface area contributed by atoms with Crippen LogP contribution < -0.4 is 5.32 Å². The van der Waals surface area contributed by atoms with Crippen molar-refractivity contribution in [3.63, 3.8) is 0 Å². The van der Waals surface area contributed by atoms with Gasteiger partial charge in [0.1, 0.15) is 0 Å². The van der Waals surface area contributed by atoms with E-state index >= 15 is 0 Å². The third-order valence-corrected chi connectivity index (χ3v) is 2.78. The van der Waals surface area contributed by atoms with E-state index in [-0.39, 0.29) is 0 Å². The Bertz CT molecular complexity index is 276. The van der Waals surface area contributed by atoms with Gasteiger partial charge in [-0.3, -0.25) is 4.90 Å². The Morgan fingerprint density at radius 1 is 1.21 bits per heavy atom. The summed E-state index contributed by atoms with van der Waals surface area (Å²) in [6.07, 6.45) is 0. The molecule has 76 valence electrons. The molecule has 0 aromatic heterocycles. The molecule has 1 heterocycles. The van der Waals surface area contributed by atoms with E-state index in [0.717, 1.165) is 0 Å². The number of nitrogens with zero attached hydrogens (tertiary/aromatic N) is 1. The maximum atomic E-state index is 3.52. The van der Waals surface area contributed by atoms with Crippen LogP contribution in [0.25, 0.3) is 0 Å². The van der Waals surface area contributed by atoms with Gasteiger partial charge in [-0.2, -0.15) is 0 Å². The Balaban J connectivity index is 1.80. The van der Waals surface area contributed by atoms with E-state index in [1.165, 1.54) is 18.8 Å². The van der Waals surface area contributed by atoms with E-state index in [0.29, 0.717) is 12.1 Å². The summed E-state index contributed by atoms with van der Waals surface area (Å²) in [6, 6.07) is 11.8. The Kier molecular flexibility index (Phi) is 2.73. The van der Waals surface area contributed by atoms with Crippen molar-refractivity contribution in [2.75, 3.05) is 18.4 Å². The summed E-state index contributed by atoms with van der Waals surface area (Å²) >= 11 is 0. The third-order valence-electron chi connectivity index (χ3n) is 2.78. The maximum absolute atomic E-state index is 3.52. The molecule has 1 N–H and O–H groups in total. The fraction of sp³-hybridized carbons (Fsp3) is 0.500. The van der Waals surface area contributed by atoms with E-state index < -0.39 is 0 Å². The first kappa shape index (κ1) is 9.53. The first-order valence-corrected chi connectivity index (χ1v) is 5.31. The van der Waals surface area contributed by atoms with Crippen molar-refractivity contribution in [1.29, 1.82) is 0 Å². The zero-order chi connectivity index (χ0) is 9.97. The van der Waals surface area contributed by atoms with Gasteiger partial charge in [0.15, 0.2) is 0 Å². The molecule has 0 radical (unpaired) electrons. The summed E-state index contributed by atoms with van der Waals surface area (Å²) in [5.74, 6) is 0. The third kappa shape index (κ3) is 2.07. The van der Waals surface area contributed by atoms with Gasteiger partial charge in [-0.25, -0.2) is 0 Å². The second-order valence-electron chi connectivity index (χ2n) is 4.25. The minimum Gasteiger partial charge on any atom is -0.380 e. The fourth-order valence-electron chi connectivity index (χ4n) is 1.80. The molecule has 2 nitrogen and oxygen atoms in total. The number of hydrogen-bond acceptors (Lipinski definition) is 2. The standard InChI is InChI=1S/C12H18N2/c1-10(2)14-8-12(9-14)13-11-6-4-3-5-7-11/h3-7,10,12-13H,8-9H2,1-2H3. The maximum Gasteiger partial charge on any atom is 0.0515 e. The lowest BCUT2D eigenvalue weighted by molar-refractivity contribution is 0.122. The first-order chi connectivity index (χ1) is 6.75. The molecule has 0 unspecified atom stereocenters. The Hall–Kier alpha value is -1.02. The highest BCUT2D eigenvalue weighted by molar-refractivity contribution is 5.44. The van der Waals surface area contributed by atoms with E-state index in [1.807, 2.05) is 6.07 Å². The normalized spacial score (nSPS) is 18.2. The van der Waals surface area contributed by atoms with Gasteiger partial charge in [0.05, 0.1) is 6.04 Å². The molecule has 0 amide bonds. The Morgan fingerprint density at radius 2 is 1.86 bits per heavy atom. The Labute approximate surface area is 85.9 Å². The number of para-hydroxylation sites is 1. The lowest BCUT2D eigenvalue weighted by atomic mass is 10.1. The molecule has 1 aromatic carbocycles. The Morgan fingerprint density at radius 3 is 2.43 bits per heavy atom. The van der Waals surface area contributed by atoms with Crippen LogP contribution in [0.1, 0.15) is 13.8 Å². The summed E-state index contributed by atoms with van der Waals surface area (Å²) in [6.45, 7) is 6.84. The van der Waals surface area contributed by atoms with Gasteiger partial charge in [-0.1, -0.05) is 18.2 Å². The quantitative estimate of drug-likeness (QED) is 0.786. The van der Waals surface area contributed by atoms with Crippen LogP contribution in [0.2, 0.25) is 0 Å². The molecule has 1 aliphatic rings. The summed E-state index contributed by atoms with van der Waals surface area (Å²) in [7, 11) is 0. The van der Waals surface area contributed by atoms with Crippen LogP contribution >= 0.6 is 0 Å². The van der Waals surface area contributed by atoms with E-state index in [1.54, 1.807) is 0 Å². The van der Waals surface area contributed by atoms with Crippen molar-refractivity contribution in [3.05, 3.63) is 30.3 Å². The molecule has 0 spiro atoms. The van der Waals surface area contributed by atoms with Crippen molar-refractivity contribution in [3.8, 4) is 0 Å². The molecule has 0 atom stereocenters. The van der Waals surface area contributed by atoms with Crippen LogP contribution in [0.4, 0.5) is 5.69 Å². The predicted octanol–water partition coefficient (Wildman–Crippen LogP) is 2.19. The second-order valence-corrected chi connectivity index (χ2v) is 4.25. The van der Waals surface area contributed by atoms with Gasteiger partial charge in [0.2, 0.25) is 0 Å². The number of anilines is 1. The number of rotatable bonds is 3. The first-order valence-electron chi connectivity index (χ1n) is 5.31. The lowest BCUT2D eigenvalue weighted by Crippen LogP contribution is -2.57. The molecule has 1 aromatic rings. The van der Waals surface area contributed by atoms with Crippen LogP contribution in [0, 0.1) is 0 Å². The van der Waals surface area contributed by atoms with Gasteiger partial charge in [0.25, 0.3) is 0 Å². The van der Waals surface area contributed by atoms with Gasteiger partial charge in [-0.05, 0) is 26.0 Å². The fourth-order valence-corrected chi connectivity index (χ4v) is 1.80. The van der Waals surface area contributed by atoms with Crippen molar-refractivity contribution < 1.29 is 0 Å². The molecular formula is C12H18N2. The van der Waals surface area contributed by atoms with Gasteiger partial charge in [-0.15, -0.1) is 0 Å². The molecule has 2 rings (SSSR count). The molecule has 14 heavy (non-hydrogen) atoms. The minimum atomic E-state index is 0.639. The van der Waals surface area contributed by atoms with Crippen LogP contribution in [0.15, 0.2) is 30.3 Å². The zero-order valence-corrected chi connectivity index (χ0v) is 8.90. The second kappa shape index (κ2) is 4.01. The van der Waals surface area contributed by atoms with Crippen LogP contribution in [0.3, 0.4) is 0 Å². The predicted molar refractivity (Wildman–Crippen MR) is 60.6 cm³/mol. The zero-order valence-electron chi connectivity index (χ0n) is 8.90. The summed E-state index contributed by atoms with van der Waals surface area (Å²) in [5, 5.41) is 3.52. The lowest BCUT2D eigenvalue weighted by Gasteiger charge is -2.42. The highest BCUT2D eigenvalue weighted by atomic mass is 15.3. The van der Waals surface area contributed by atoms with Crippen LogP contribution in [-0.4, -0.2) is 30.1 Å². The monoisotopic (exact) mass is 190 g/mol. The van der Waals surface area contributed by atoms with Crippen LogP contribution in [0.5, 0.6) is 0 Å². The number of hydrogen-bond donors (Lipinski definition) is 1. The molecule has 0 aliphatic carbocycles. The smallest absolute Gasteiger partial charge is 0.0515 e. The molecular weight excluding hydrogens is 172 g/mol. The summed E-state index contributed by atoms with van der Waals surface area (Å²) in [4.78, 5) is 2.47. The van der Waals surface area contributed by atoms with E-state index in [4.69, 9.17) is 0 Å². The summed E-state index contributed by atoms with van der Waals surface area (Å²) in [5.41, 5.74) is 1.24. The van der Waals surface area contributed by atoms with Gasteiger partial charge in [0, 0.05) is 24.8 Å². The van der Waals surface area contributed by atoms with E-state index in [9.17, 15) is 0 Å². The van der Waals surface area contributed by atoms with Crippen LogP contribution in [-0.2, 0) is 0 Å². The molecule has 2 heteroatoms. The van der Waals surface area contributed by atoms with E-state index in [2.05, 4.69) is 48.3 Å². The molecule has 1 aliphatic heterocycles. The molecule has 0 bridgehead atoms.